The van der Waals surface area contributed by atoms with Gasteiger partial charge in [0, 0.05) is 23.5 Å². The number of aromatic nitrogens is 1. The van der Waals surface area contributed by atoms with Gasteiger partial charge in [-0.1, -0.05) is 26.0 Å². The number of nitrogens with zero attached hydrogens (tertiary/aromatic N) is 1. The summed E-state index contributed by atoms with van der Waals surface area (Å²) in [6.45, 7) is 10.6. The number of hydrogen-bond acceptors (Lipinski definition) is 5. The van der Waals surface area contributed by atoms with Gasteiger partial charge >= 0.3 is 12.1 Å². The number of ketones is 1. The standard InChI is InChI=1S/C24H29F3N2O5S/c1-6-10-29-16(4)12-20(17(29)5)22(30)14-34-23(31)21(11-15(2)3)28-35(32,33)19-9-7-8-18(13-19)24(25,26)27/h6-9,12-13,15,21,28H,1,10-11,14H2,2-5H3/t21-/m0/s1. The highest BCUT2D eigenvalue weighted by Gasteiger charge is 2.33. The number of esters is 1. The van der Waals surface area contributed by atoms with Crippen molar-refractivity contribution >= 4 is 21.8 Å². The summed E-state index contributed by atoms with van der Waals surface area (Å²) in [4.78, 5) is 24.7. The molecule has 192 valence electrons. The Hall–Kier alpha value is -2.92. The van der Waals surface area contributed by atoms with Crippen molar-refractivity contribution in [1.29, 1.82) is 0 Å². The lowest BCUT2D eigenvalue weighted by Gasteiger charge is -2.19. The van der Waals surface area contributed by atoms with E-state index in [2.05, 4.69) is 11.3 Å². The number of alkyl halides is 3. The maximum absolute atomic E-state index is 13.0. The first-order valence-electron chi connectivity index (χ1n) is 10.8. The Morgan fingerprint density at radius 2 is 1.86 bits per heavy atom. The number of carbonyl (C=O) groups excluding carboxylic acids is 2. The normalized spacial score (nSPS) is 13.0. The third-order valence-corrected chi connectivity index (χ3v) is 6.76. The molecule has 0 unspecified atom stereocenters. The van der Waals surface area contributed by atoms with Gasteiger partial charge in [-0.15, -0.1) is 6.58 Å². The highest BCUT2D eigenvalue weighted by Crippen LogP contribution is 2.30. The minimum absolute atomic E-state index is 0.0130. The second-order valence-corrected chi connectivity index (χ2v) is 10.3. The van der Waals surface area contributed by atoms with Gasteiger partial charge in [-0.3, -0.25) is 9.59 Å². The van der Waals surface area contributed by atoms with Crippen molar-refractivity contribution in [1.82, 2.24) is 9.29 Å². The van der Waals surface area contributed by atoms with E-state index in [4.69, 9.17) is 4.74 Å². The summed E-state index contributed by atoms with van der Waals surface area (Å²) >= 11 is 0. The number of allylic oxidation sites excluding steroid dienone is 1. The van der Waals surface area contributed by atoms with Crippen molar-refractivity contribution in [2.45, 2.75) is 57.8 Å². The Bertz CT molecular complexity index is 1200. The van der Waals surface area contributed by atoms with Gasteiger partial charge in [0.05, 0.1) is 10.5 Å². The molecule has 35 heavy (non-hydrogen) atoms. The van der Waals surface area contributed by atoms with Crippen LogP contribution in [0.2, 0.25) is 0 Å². The van der Waals surface area contributed by atoms with Gasteiger partial charge in [-0.05, 0) is 50.5 Å². The average molecular weight is 515 g/mol. The van der Waals surface area contributed by atoms with Crippen LogP contribution in [-0.4, -0.2) is 37.4 Å². The molecule has 0 saturated heterocycles. The largest absolute Gasteiger partial charge is 0.456 e. The van der Waals surface area contributed by atoms with Crippen molar-refractivity contribution in [2.75, 3.05) is 6.61 Å². The number of Topliss-reactive ketones (excluding diaryl/α,β-unsaturated/α-hetero) is 1. The quantitative estimate of drug-likeness (QED) is 0.272. The summed E-state index contributed by atoms with van der Waals surface area (Å²) in [6.07, 6.45) is -3.04. The number of hydrogen-bond donors (Lipinski definition) is 1. The first kappa shape index (κ1) is 28.3. The Labute approximate surface area is 203 Å². The zero-order chi connectivity index (χ0) is 26.6. The Balaban J connectivity index is 2.19. The fourth-order valence-corrected chi connectivity index (χ4v) is 4.81. The molecule has 1 heterocycles. The molecule has 0 bridgehead atoms. The van der Waals surface area contributed by atoms with E-state index in [1.807, 2.05) is 11.5 Å². The van der Waals surface area contributed by atoms with E-state index in [0.29, 0.717) is 23.9 Å². The number of carbonyl (C=O) groups is 2. The first-order valence-corrected chi connectivity index (χ1v) is 12.3. The molecule has 0 fully saturated rings. The number of sulfonamides is 1. The fraction of sp³-hybridized carbons (Fsp3) is 0.417. The van der Waals surface area contributed by atoms with E-state index in [-0.39, 0.29) is 12.3 Å². The molecule has 2 rings (SSSR count). The summed E-state index contributed by atoms with van der Waals surface area (Å²) in [5.74, 6) is -1.63. The summed E-state index contributed by atoms with van der Waals surface area (Å²) < 4.78 is 73.6. The van der Waals surface area contributed by atoms with Gasteiger partial charge in [0.15, 0.2) is 6.61 Å². The second-order valence-electron chi connectivity index (χ2n) is 8.54. The van der Waals surface area contributed by atoms with E-state index in [0.717, 1.165) is 23.9 Å². The summed E-state index contributed by atoms with van der Waals surface area (Å²) in [5.41, 5.74) is 0.723. The maximum Gasteiger partial charge on any atom is 0.416 e. The third kappa shape index (κ3) is 7.28. The van der Waals surface area contributed by atoms with Crippen LogP contribution in [0, 0.1) is 19.8 Å². The monoisotopic (exact) mass is 514 g/mol. The fourth-order valence-electron chi connectivity index (χ4n) is 3.57. The van der Waals surface area contributed by atoms with Gasteiger partial charge in [-0.25, -0.2) is 8.42 Å². The lowest BCUT2D eigenvalue weighted by atomic mass is 10.0. The second kappa shape index (κ2) is 11.2. The van der Waals surface area contributed by atoms with Gasteiger partial charge < -0.3 is 9.30 Å². The molecule has 0 aliphatic carbocycles. The zero-order valence-electron chi connectivity index (χ0n) is 20.0. The van der Waals surface area contributed by atoms with Crippen molar-refractivity contribution in [3.8, 4) is 0 Å². The maximum atomic E-state index is 13.0. The molecular formula is C24H29F3N2O5S. The minimum atomic E-state index is -4.73. The van der Waals surface area contributed by atoms with Crippen LogP contribution in [0.1, 0.15) is 47.6 Å². The number of halogens is 3. The van der Waals surface area contributed by atoms with Crippen LogP contribution in [0.15, 0.2) is 47.9 Å². The van der Waals surface area contributed by atoms with Gasteiger partial charge in [0.25, 0.3) is 0 Å². The van der Waals surface area contributed by atoms with Crippen LogP contribution >= 0.6 is 0 Å². The lowest BCUT2D eigenvalue weighted by Crippen LogP contribution is -2.43. The molecule has 1 atom stereocenters. The zero-order valence-corrected chi connectivity index (χ0v) is 20.8. The van der Waals surface area contributed by atoms with E-state index in [9.17, 15) is 31.2 Å². The van der Waals surface area contributed by atoms with E-state index >= 15 is 0 Å². The van der Waals surface area contributed by atoms with Crippen molar-refractivity contribution < 1.29 is 35.9 Å². The highest BCUT2D eigenvalue weighted by atomic mass is 32.2. The van der Waals surface area contributed by atoms with Crippen LogP contribution in [0.4, 0.5) is 13.2 Å². The van der Waals surface area contributed by atoms with Gasteiger partial charge in [0.1, 0.15) is 6.04 Å². The SMILES string of the molecule is C=CCn1c(C)cc(C(=O)COC(=O)[C@H](CC(C)C)NS(=O)(=O)c2cccc(C(F)(F)F)c2)c1C. The molecule has 0 radical (unpaired) electrons. The predicted molar refractivity (Wildman–Crippen MR) is 124 cm³/mol. The molecule has 7 nitrogen and oxygen atoms in total. The number of nitrogens with one attached hydrogen (secondary N) is 1. The first-order chi connectivity index (χ1) is 16.2. The average Bonchev–Trinajstić information content (AvgIpc) is 3.04. The molecule has 11 heteroatoms. The molecule has 1 aromatic carbocycles. The summed E-state index contributed by atoms with van der Waals surface area (Å²) in [5, 5.41) is 0. The number of ether oxygens (including phenoxy) is 1. The van der Waals surface area contributed by atoms with Crippen molar-refractivity contribution in [3.05, 3.63) is 65.5 Å². The number of rotatable bonds is 11. The lowest BCUT2D eigenvalue weighted by molar-refractivity contribution is -0.145. The Morgan fingerprint density at radius 3 is 2.43 bits per heavy atom. The van der Waals surface area contributed by atoms with Crippen LogP contribution in [0.25, 0.3) is 0 Å². The predicted octanol–water partition coefficient (Wildman–Crippen LogP) is 4.43. The smallest absolute Gasteiger partial charge is 0.416 e. The van der Waals surface area contributed by atoms with Crippen LogP contribution in [-0.2, 0) is 32.3 Å². The van der Waals surface area contributed by atoms with E-state index < -0.39 is 51.1 Å². The minimum Gasteiger partial charge on any atom is -0.456 e. The molecular weight excluding hydrogens is 485 g/mol. The van der Waals surface area contributed by atoms with E-state index in [1.165, 1.54) is 0 Å². The number of aryl methyl sites for hydroxylation is 1. The Kier molecular flexibility index (Phi) is 9.07. The van der Waals surface area contributed by atoms with Gasteiger partial charge in [0.2, 0.25) is 15.8 Å². The highest BCUT2D eigenvalue weighted by molar-refractivity contribution is 7.89. The molecule has 0 spiro atoms. The van der Waals surface area contributed by atoms with Crippen LogP contribution in [0.3, 0.4) is 0 Å². The molecule has 0 aliphatic rings. The summed E-state index contributed by atoms with van der Waals surface area (Å²) in [6, 6.07) is 3.47. The topological polar surface area (TPSA) is 94.5 Å². The van der Waals surface area contributed by atoms with Crippen LogP contribution < -0.4 is 4.72 Å². The third-order valence-electron chi connectivity index (χ3n) is 5.29. The number of benzene rings is 1. The van der Waals surface area contributed by atoms with Crippen LogP contribution in [0.5, 0.6) is 0 Å². The molecule has 0 saturated carbocycles. The van der Waals surface area contributed by atoms with Crippen molar-refractivity contribution in [3.63, 3.8) is 0 Å². The van der Waals surface area contributed by atoms with Gasteiger partial charge in [-0.2, -0.15) is 17.9 Å². The molecule has 1 aromatic heterocycles. The van der Waals surface area contributed by atoms with Crippen molar-refractivity contribution in [2.24, 2.45) is 5.92 Å². The molecule has 0 amide bonds. The summed E-state index contributed by atoms with van der Waals surface area (Å²) in [7, 11) is -4.49. The Morgan fingerprint density at radius 1 is 1.20 bits per heavy atom. The van der Waals surface area contributed by atoms with E-state index in [1.54, 1.807) is 32.9 Å². The molecule has 1 N–H and O–H groups in total. The molecule has 2 aromatic rings. The molecule has 0 aliphatic heterocycles.